The summed E-state index contributed by atoms with van der Waals surface area (Å²) in [5.41, 5.74) is -2.61. The molecule has 2 aromatic heterocycles. The van der Waals surface area contributed by atoms with Gasteiger partial charge in [0.25, 0.3) is 5.91 Å². The lowest BCUT2D eigenvalue weighted by Gasteiger charge is -2.20. The van der Waals surface area contributed by atoms with E-state index in [9.17, 15) is 31.1 Å². The highest BCUT2D eigenvalue weighted by molar-refractivity contribution is 7.80. The molecule has 3 aromatic rings. The molecule has 0 aliphatic carbocycles. The molecule has 0 spiro atoms. The minimum atomic E-state index is -4.95. The maximum atomic E-state index is 13.1. The third-order valence-electron chi connectivity index (χ3n) is 4.31. The number of aromatic nitrogens is 3. The van der Waals surface area contributed by atoms with Gasteiger partial charge in [-0.25, -0.2) is 4.98 Å². The van der Waals surface area contributed by atoms with Gasteiger partial charge in [0, 0.05) is 5.38 Å². The van der Waals surface area contributed by atoms with Crippen LogP contribution in [0.4, 0.5) is 37.8 Å². The van der Waals surface area contributed by atoms with Crippen molar-refractivity contribution in [1.29, 1.82) is 0 Å². The van der Waals surface area contributed by atoms with Gasteiger partial charge in [-0.15, -0.1) is 5.10 Å². The highest BCUT2D eigenvalue weighted by atomic mass is 32.1. The summed E-state index contributed by atoms with van der Waals surface area (Å²) in [6.07, 6.45) is -8.59. The van der Waals surface area contributed by atoms with Gasteiger partial charge in [0.1, 0.15) is 5.82 Å². The smallest absolute Gasteiger partial charge is 0.356 e. The minimum absolute atomic E-state index is 0.0575. The molecular formula is C19H14F6N6OS2. The number of halogens is 6. The second kappa shape index (κ2) is 9.89. The number of nitrogens with one attached hydrogen (secondary N) is 3. The highest BCUT2D eigenvalue weighted by Crippen LogP contribution is 2.37. The number of rotatable bonds is 5. The Morgan fingerprint density at radius 2 is 1.68 bits per heavy atom. The quantitative estimate of drug-likeness (QED) is 0.312. The molecule has 0 aliphatic rings. The lowest BCUT2D eigenvalue weighted by Crippen LogP contribution is -2.31. The average molecular weight is 520 g/mol. The molecule has 34 heavy (non-hydrogen) atoms. The SMILES string of the molecule is C[C@H](NC(=S)Nc1ccc(NC(=O)c2csnn2)cn1)c1cc(C(F)(F)F)cc(C(F)(F)F)c1. The molecule has 1 aromatic carbocycles. The van der Waals surface area contributed by atoms with Crippen LogP contribution in [0.1, 0.15) is 40.1 Å². The summed E-state index contributed by atoms with van der Waals surface area (Å²) in [7, 11) is 0. The van der Waals surface area contributed by atoms with Crippen LogP contribution in [0.3, 0.4) is 0 Å². The number of hydrogen-bond donors (Lipinski definition) is 3. The molecule has 3 N–H and O–H groups in total. The summed E-state index contributed by atoms with van der Waals surface area (Å²) in [4.78, 5) is 16.0. The zero-order chi connectivity index (χ0) is 25.1. The molecule has 0 unspecified atom stereocenters. The van der Waals surface area contributed by atoms with E-state index in [1.54, 1.807) is 0 Å². The van der Waals surface area contributed by atoms with Crippen LogP contribution in [0, 0.1) is 0 Å². The van der Waals surface area contributed by atoms with Gasteiger partial charge in [0.2, 0.25) is 0 Å². The van der Waals surface area contributed by atoms with E-state index < -0.39 is 35.4 Å². The fraction of sp³-hybridized carbons (Fsp3) is 0.211. The van der Waals surface area contributed by atoms with E-state index in [1.165, 1.54) is 30.6 Å². The summed E-state index contributed by atoms with van der Waals surface area (Å²) in [6, 6.07) is 3.28. The van der Waals surface area contributed by atoms with Crippen molar-refractivity contribution in [3.05, 3.63) is 64.3 Å². The monoisotopic (exact) mass is 520 g/mol. The third kappa shape index (κ3) is 6.60. The maximum absolute atomic E-state index is 13.1. The Bertz CT molecular complexity index is 1130. The van der Waals surface area contributed by atoms with Crippen molar-refractivity contribution in [2.24, 2.45) is 0 Å². The lowest BCUT2D eigenvalue weighted by molar-refractivity contribution is -0.143. The van der Waals surface area contributed by atoms with Crippen LogP contribution in [0.2, 0.25) is 0 Å². The van der Waals surface area contributed by atoms with Crippen LogP contribution in [0.15, 0.2) is 41.9 Å². The van der Waals surface area contributed by atoms with Crippen molar-refractivity contribution in [1.82, 2.24) is 19.9 Å². The fourth-order valence-electron chi connectivity index (χ4n) is 2.66. The van der Waals surface area contributed by atoms with E-state index in [4.69, 9.17) is 12.2 Å². The highest BCUT2D eigenvalue weighted by Gasteiger charge is 2.37. The van der Waals surface area contributed by atoms with Crippen LogP contribution < -0.4 is 16.0 Å². The summed E-state index contributed by atoms with van der Waals surface area (Å²) in [5, 5.41) is 12.9. The van der Waals surface area contributed by atoms with Gasteiger partial charge >= 0.3 is 12.4 Å². The van der Waals surface area contributed by atoms with E-state index in [2.05, 4.69) is 30.5 Å². The van der Waals surface area contributed by atoms with Gasteiger partial charge in [-0.05, 0) is 66.6 Å². The van der Waals surface area contributed by atoms with Crippen molar-refractivity contribution in [3.8, 4) is 0 Å². The molecule has 3 rings (SSSR count). The van der Waals surface area contributed by atoms with Crippen LogP contribution in [0.5, 0.6) is 0 Å². The Kier molecular flexibility index (Phi) is 7.35. The largest absolute Gasteiger partial charge is 0.416 e. The first-order valence-corrected chi connectivity index (χ1v) is 10.5. The summed E-state index contributed by atoms with van der Waals surface area (Å²) in [5.74, 6) is -0.264. The molecule has 0 saturated carbocycles. The Hall–Kier alpha value is -3.33. The molecule has 0 bridgehead atoms. The first kappa shape index (κ1) is 25.3. The van der Waals surface area contributed by atoms with E-state index in [1.807, 2.05) is 0 Å². The standard InChI is InChI=1S/C19H14F6N6OS2/c1-9(10-4-11(18(20,21)22)6-12(5-10)19(23,24)25)27-17(33)29-15-3-2-13(7-26-15)28-16(32)14-8-34-31-30-14/h2-9H,1H3,(H,28,32)(H2,26,27,29,33)/t9-/m0/s1. The van der Waals surface area contributed by atoms with Crippen molar-refractivity contribution in [2.45, 2.75) is 25.3 Å². The average Bonchev–Trinajstić information content (AvgIpc) is 3.28. The Morgan fingerprint density at radius 3 is 2.18 bits per heavy atom. The Balaban J connectivity index is 1.66. The van der Waals surface area contributed by atoms with Gasteiger partial charge in [0.05, 0.1) is 29.1 Å². The van der Waals surface area contributed by atoms with Crippen molar-refractivity contribution in [2.75, 3.05) is 10.6 Å². The zero-order valence-corrected chi connectivity index (χ0v) is 18.6. The zero-order valence-electron chi connectivity index (χ0n) is 17.0. The minimum Gasteiger partial charge on any atom is -0.356 e. The molecule has 7 nitrogen and oxygen atoms in total. The topological polar surface area (TPSA) is 91.8 Å². The molecule has 0 radical (unpaired) electrons. The number of alkyl halides is 6. The number of benzene rings is 1. The molecule has 180 valence electrons. The molecule has 15 heteroatoms. The second-order valence-corrected chi connectivity index (χ2v) is 7.85. The predicted octanol–water partition coefficient (Wildman–Crippen LogP) is 5.27. The summed E-state index contributed by atoms with van der Waals surface area (Å²) < 4.78 is 82.0. The summed E-state index contributed by atoms with van der Waals surface area (Å²) >= 11 is 6.11. The number of hydrogen-bond acceptors (Lipinski definition) is 6. The van der Waals surface area contributed by atoms with E-state index >= 15 is 0 Å². The molecular weight excluding hydrogens is 506 g/mol. The fourth-order valence-corrected chi connectivity index (χ4v) is 3.38. The molecule has 1 atom stereocenters. The number of carbonyl (C=O) groups excluding carboxylic acids is 1. The van der Waals surface area contributed by atoms with E-state index in [0.717, 1.165) is 11.5 Å². The third-order valence-corrected chi connectivity index (χ3v) is 5.04. The number of thiocarbonyl (C=S) groups is 1. The second-order valence-electron chi connectivity index (χ2n) is 6.84. The molecule has 1 amide bonds. The molecule has 0 fully saturated rings. The van der Waals surface area contributed by atoms with Crippen molar-refractivity contribution in [3.63, 3.8) is 0 Å². The van der Waals surface area contributed by atoms with Gasteiger partial charge in [-0.2, -0.15) is 26.3 Å². The maximum Gasteiger partial charge on any atom is 0.416 e. The number of amides is 1. The molecule has 0 saturated heterocycles. The predicted molar refractivity (Wildman–Crippen MR) is 116 cm³/mol. The van der Waals surface area contributed by atoms with Crippen molar-refractivity contribution >= 4 is 46.3 Å². The Labute approximate surface area is 197 Å². The van der Waals surface area contributed by atoms with Crippen LogP contribution in [-0.2, 0) is 12.4 Å². The van der Waals surface area contributed by atoms with Crippen LogP contribution >= 0.6 is 23.8 Å². The van der Waals surface area contributed by atoms with Gasteiger partial charge in [-0.1, -0.05) is 4.49 Å². The van der Waals surface area contributed by atoms with Gasteiger partial charge in [0.15, 0.2) is 10.8 Å². The Morgan fingerprint density at radius 1 is 1.03 bits per heavy atom. The number of carbonyl (C=O) groups is 1. The first-order valence-electron chi connectivity index (χ1n) is 9.24. The molecule has 2 heterocycles. The summed E-state index contributed by atoms with van der Waals surface area (Å²) in [6.45, 7) is 1.36. The van der Waals surface area contributed by atoms with E-state index in [-0.39, 0.29) is 28.3 Å². The number of nitrogens with zero attached hydrogens (tertiary/aromatic N) is 3. The molecule has 0 aliphatic heterocycles. The first-order chi connectivity index (χ1) is 15.8. The number of pyridine rings is 1. The van der Waals surface area contributed by atoms with Gasteiger partial charge in [-0.3, -0.25) is 4.79 Å². The van der Waals surface area contributed by atoms with Gasteiger partial charge < -0.3 is 16.0 Å². The normalized spacial score (nSPS) is 12.7. The number of anilines is 2. The van der Waals surface area contributed by atoms with Crippen LogP contribution in [-0.4, -0.2) is 25.6 Å². The lowest BCUT2D eigenvalue weighted by atomic mass is 10.0. The van der Waals surface area contributed by atoms with E-state index in [0.29, 0.717) is 17.8 Å². The van der Waals surface area contributed by atoms with Crippen LogP contribution in [0.25, 0.3) is 0 Å². The van der Waals surface area contributed by atoms with Crippen molar-refractivity contribution < 1.29 is 31.1 Å².